The molecule has 2 aromatic rings. The number of hydrogen-bond donors (Lipinski definition) is 0. The Morgan fingerprint density at radius 1 is 0.938 bits per heavy atom. The molecule has 2 aromatic carbocycles. The lowest BCUT2D eigenvalue weighted by Crippen LogP contribution is -1.86. The molecule has 2 rings (SSSR count). The van der Waals surface area contributed by atoms with E-state index in [1.807, 2.05) is 54.8 Å². The average Bonchev–Trinajstić information content (AvgIpc) is 2.33. The monoisotopic (exact) mass is 250 g/mol. The topological polar surface area (TPSA) is 9.23 Å². The van der Waals surface area contributed by atoms with Crippen LogP contribution < -0.4 is 4.74 Å². The van der Waals surface area contributed by atoms with Crippen LogP contribution in [-0.2, 0) is 0 Å². The highest BCUT2D eigenvalue weighted by atomic mass is 35.5. The second-order valence-electron chi connectivity index (χ2n) is 3.18. The summed E-state index contributed by atoms with van der Waals surface area (Å²) in [4.78, 5) is 1.10. The van der Waals surface area contributed by atoms with Crippen LogP contribution in [0.1, 0.15) is 0 Å². The van der Waals surface area contributed by atoms with Gasteiger partial charge in [0.25, 0.3) is 0 Å². The first-order chi connectivity index (χ1) is 7.81. The fourth-order valence-electron chi connectivity index (χ4n) is 1.35. The quantitative estimate of drug-likeness (QED) is 0.720. The van der Waals surface area contributed by atoms with E-state index in [1.165, 1.54) is 0 Å². The Hall–Kier alpha value is -1.12. The summed E-state index contributed by atoms with van der Waals surface area (Å²) in [5.74, 6) is 1.52. The van der Waals surface area contributed by atoms with E-state index < -0.39 is 0 Å². The maximum Gasteiger partial charge on any atom is 0.146 e. The van der Waals surface area contributed by atoms with Gasteiger partial charge in [-0.25, -0.2) is 0 Å². The van der Waals surface area contributed by atoms with E-state index in [0.717, 1.165) is 10.6 Å². The molecule has 0 bridgehead atoms. The Balaban J connectivity index is 2.30. The van der Waals surface area contributed by atoms with Gasteiger partial charge in [0.1, 0.15) is 11.5 Å². The third-order valence-electron chi connectivity index (χ3n) is 2.13. The summed E-state index contributed by atoms with van der Waals surface area (Å²) in [7, 11) is 0. The lowest BCUT2D eigenvalue weighted by Gasteiger charge is -2.10. The first kappa shape index (κ1) is 11.4. The molecule has 0 spiro atoms. The zero-order valence-electron chi connectivity index (χ0n) is 8.81. The standard InChI is InChI=1S/C13H11ClOS/c1-16-13-9-5-4-8-12(13)15-11-7-3-2-6-10(11)14/h2-9H,1H3. The van der Waals surface area contributed by atoms with Gasteiger partial charge in [0.15, 0.2) is 0 Å². The van der Waals surface area contributed by atoms with Crippen molar-refractivity contribution in [2.75, 3.05) is 6.26 Å². The van der Waals surface area contributed by atoms with Gasteiger partial charge < -0.3 is 4.74 Å². The van der Waals surface area contributed by atoms with Crippen LogP contribution in [0, 0.1) is 0 Å². The van der Waals surface area contributed by atoms with Crippen LogP contribution in [0.15, 0.2) is 53.4 Å². The molecule has 0 atom stereocenters. The molecule has 0 heterocycles. The number of hydrogen-bond acceptors (Lipinski definition) is 2. The highest BCUT2D eigenvalue weighted by molar-refractivity contribution is 7.98. The molecule has 82 valence electrons. The van der Waals surface area contributed by atoms with Gasteiger partial charge in [0.2, 0.25) is 0 Å². The SMILES string of the molecule is CSc1ccccc1Oc1ccccc1Cl. The number of halogens is 1. The Morgan fingerprint density at radius 3 is 2.25 bits per heavy atom. The third-order valence-corrected chi connectivity index (χ3v) is 3.21. The summed E-state index contributed by atoms with van der Waals surface area (Å²) in [6.07, 6.45) is 2.02. The molecule has 0 amide bonds. The van der Waals surface area contributed by atoms with Gasteiger partial charge in [-0.1, -0.05) is 35.9 Å². The van der Waals surface area contributed by atoms with Crippen LogP contribution in [0.25, 0.3) is 0 Å². The fraction of sp³-hybridized carbons (Fsp3) is 0.0769. The van der Waals surface area contributed by atoms with Crippen molar-refractivity contribution in [1.82, 2.24) is 0 Å². The van der Waals surface area contributed by atoms with E-state index in [2.05, 4.69) is 0 Å². The zero-order chi connectivity index (χ0) is 11.4. The molecule has 0 aliphatic heterocycles. The molecular formula is C13H11ClOS. The summed E-state index contributed by atoms with van der Waals surface area (Å²) in [5.41, 5.74) is 0. The molecule has 0 fully saturated rings. The first-order valence-electron chi connectivity index (χ1n) is 4.86. The van der Waals surface area contributed by atoms with Crippen LogP contribution in [-0.4, -0.2) is 6.26 Å². The highest BCUT2D eigenvalue weighted by Gasteiger charge is 2.05. The van der Waals surface area contributed by atoms with Crippen LogP contribution in [0.4, 0.5) is 0 Å². The van der Waals surface area contributed by atoms with Gasteiger partial charge in [-0.15, -0.1) is 11.8 Å². The van der Waals surface area contributed by atoms with E-state index in [1.54, 1.807) is 11.8 Å². The van der Waals surface area contributed by atoms with Crippen molar-refractivity contribution >= 4 is 23.4 Å². The Bertz CT molecular complexity index is 485. The average molecular weight is 251 g/mol. The fourth-order valence-corrected chi connectivity index (χ4v) is 2.05. The molecule has 0 aromatic heterocycles. The Morgan fingerprint density at radius 2 is 1.56 bits per heavy atom. The summed E-state index contributed by atoms with van der Waals surface area (Å²) in [6, 6.07) is 15.4. The van der Waals surface area contributed by atoms with Gasteiger partial charge in [0, 0.05) is 4.90 Å². The van der Waals surface area contributed by atoms with Crippen LogP contribution in [0.5, 0.6) is 11.5 Å². The van der Waals surface area contributed by atoms with Crippen LogP contribution >= 0.6 is 23.4 Å². The largest absolute Gasteiger partial charge is 0.455 e. The highest BCUT2D eigenvalue weighted by Crippen LogP contribution is 2.34. The lowest BCUT2D eigenvalue weighted by atomic mass is 10.3. The van der Waals surface area contributed by atoms with Crippen LogP contribution in [0.3, 0.4) is 0 Å². The minimum atomic E-state index is 0.624. The number of ether oxygens (including phenoxy) is 1. The lowest BCUT2D eigenvalue weighted by molar-refractivity contribution is 0.471. The maximum absolute atomic E-state index is 6.04. The minimum Gasteiger partial charge on any atom is -0.455 e. The van der Waals surface area contributed by atoms with Crippen molar-refractivity contribution in [2.24, 2.45) is 0 Å². The van der Waals surface area contributed by atoms with Gasteiger partial charge in [0.05, 0.1) is 5.02 Å². The molecule has 0 aliphatic rings. The molecule has 0 unspecified atom stereocenters. The summed E-state index contributed by atoms with van der Waals surface area (Å²) in [5, 5.41) is 0.624. The predicted molar refractivity (Wildman–Crippen MR) is 69.7 cm³/mol. The number of benzene rings is 2. The first-order valence-corrected chi connectivity index (χ1v) is 6.47. The number of para-hydroxylation sites is 2. The molecule has 1 nitrogen and oxygen atoms in total. The van der Waals surface area contributed by atoms with Crippen molar-refractivity contribution in [2.45, 2.75) is 4.90 Å². The maximum atomic E-state index is 6.04. The summed E-state index contributed by atoms with van der Waals surface area (Å²) >= 11 is 7.69. The Labute approximate surface area is 104 Å². The van der Waals surface area contributed by atoms with Crippen molar-refractivity contribution in [1.29, 1.82) is 0 Å². The smallest absolute Gasteiger partial charge is 0.146 e. The molecular weight excluding hydrogens is 240 g/mol. The zero-order valence-corrected chi connectivity index (χ0v) is 10.4. The Kier molecular flexibility index (Phi) is 3.75. The van der Waals surface area contributed by atoms with Crippen molar-refractivity contribution in [3.05, 3.63) is 53.6 Å². The van der Waals surface area contributed by atoms with E-state index in [4.69, 9.17) is 16.3 Å². The summed E-state index contributed by atoms with van der Waals surface area (Å²) < 4.78 is 5.78. The van der Waals surface area contributed by atoms with Gasteiger partial charge in [-0.05, 0) is 30.5 Å². The van der Waals surface area contributed by atoms with E-state index in [9.17, 15) is 0 Å². The van der Waals surface area contributed by atoms with Gasteiger partial charge >= 0.3 is 0 Å². The molecule has 3 heteroatoms. The minimum absolute atomic E-state index is 0.624. The number of rotatable bonds is 3. The molecule has 0 radical (unpaired) electrons. The molecule has 0 N–H and O–H groups in total. The molecule has 0 saturated heterocycles. The van der Waals surface area contributed by atoms with Gasteiger partial charge in [-0.2, -0.15) is 0 Å². The molecule has 16 heavy (non-hydrogen) atoms. The van der Waals surface area contributed by atoms with E-state index >= 15 is 0 Å². The second kappa shape index (κ2) is 5.28. The van der Waals surface area contributed by atoms with E-state index in [0.29, 0.717) is 10.8 Å². The normalized spacial score (nSPS) is 10.1. The molecule has 0 saturated carbocycles. The second-order valence-corrected chi connectivity index (χ2v) is 4.44. The van der Waals surface area contributed by atoms with Crippen molar-refractivity contribution in [3.8, 4) is 11.5 Å². The van der Waals surface area contributed by atoms with Crippen LogP contribution in [0.2, 0.25) is 5.02 Å². The predicted octanol–water partition coefficient (Wildman–Crippen LogP) is 4.85. The molecule has 0 aliphatic carbocycles. The van der Waals surface area contributed by atoms with E-state index in [-0.39, 0.29) is 0 Å². The third kappa shape index (κ3) is 2.52. The summed E-state index contributed by atoms with van der Waals surface area (Å²) in [6.45, 7) is 0. The van der Waals surface area contributed by atoms with Crippen molar-refractivity contribution in [3.63, 3.8) is 0 Å². The number of thioether (sulfide) groups is 1. The van der Waals surface area contributed by atoms with Crippen molar-refractivity contribution < 1.29 is 4.74 Å². The van der Waals surface area contributed by atoms with Gasteiger partial charge in [-0.3, -0.25) is 0 Å².